The van der Waals surface area contributed by atoms with Gasteiger partial charge in [0.1, 0.15) is 6.33 Å². The first-order chi connectivity index (χ1) is 10.7. The first kappa shape index (κ1) is 13.4. The molecule has 0 N–H and O–H groups in total. The van der Waals surface area contributed by atoms with Gasteiger partial charge in [0, 0.05) is 24.0 Å². The lowest BCUT2D eigenvalue weighted by Gasteiger charge is -2.01. The molecular formula is C15H13BrN6. The molecule has 4 aromatic rings. The third kappa shape index (κ3) is 2.18. The van der Waals surface area contributed by atoms with Gasteiger partial charge in [-0.25, -0.2) is 14.5 Å². The fraction of sp³-hybridized carbons (Fsp3) is 0.200. The molecule has 3 heterocycles. The van der Waals surface area contributed by atoms with Gasteiger partial charge in [-0.1, -0.05) is 12.1 Å². The van der Waals surface area contributed by atoms with Crippen molar-refractivity contribution >= 4 is 32.5 Å². The maximum Gasteiger partial charge on any atom is 0.166 e. The maximum atomic E-state index is 4.65. The minimum atomic E-state index is 0.727. The second-order valence-corrected chi connectivity index (χ2v) is 5.96. The summed E-state index contributed by atoms with van der Waals surface area (Å²) in [6, 6.07) is 7.96. The molecule has 0 spiro atoms. The van der Waals surface area contributed by atoms with Crippen LogP contribution in [0, 0.1) is 6.92 Å². The Morgan fingerprint density at radius 3 is 2.91 bits per heavy atom. The molecule has 0 fully saturated rings. The molecule has 0 aliphatic carbocycles. The molecule has 0 aliphatic heterocycles. The number of fused-ring (bicyclic) bond motifs is 3. The van der Waals surface area contributed by atoms with Crippen molar-refractivity contribution in [3.63, 3.8) is 0 Å². The number of hydrogen-bond acceptors (Lipinski definition) is 4. The van der Waals surface area contributed by atoms with Gasteiger partial charge in [-0.05, 0) is 35.0 Å². The lowest BCUT2D eigenvalue weighted by Crippen LogP contribution is -2.06. The van der Waals surface area contributed by atoms with Crippen molar-refractivity contribution in [2.75, 3.05) is 0 Å². The SMILES string of the molecule is Cc1c(Br)cnn1CCc1nc2c3ccccc3ncn2n1. The Balaban J connectivity index is 1.68. The van der Waals surface area contributed by atoms with Crippen molar-refractivity contribution < 1.29 is 0 Å². The normalized spacial score (nSPS) is 11.5. The molecule has 0 saturated heterocycles. The minimum absolute atomic E-state index is 0.727. The van der Waals surface area contributed by atoms with E-state index in [0.29, 0.717) is 0 Å². The first-order valence-electron chi connectivity index (χ1n) is 6.99. The molecule has 0 amide bonds. The van der Waals surface area contributed by atoms with Crippen molar-refractivity contribution in [3.05, 3.63) is 52.8 Å². The van der Waals surface area contributed by atoms with Crippen LogP contribution in [-0.4, -0.2) is 29.4 Å². The van der Waals surface area contributed by atoms with Crippen molar-refractivity contribution in [3.8, 4) is 0 Å². The lowest BCUT2D eigenvalue weighted by molar-refractivity contribution is 0.584. The van der Waals surface area contributed by atoms with E-state index in [9.17, 15) is 0 Å². The van der Waals surface area contributed by atoms with E-state index < -0.39 is 0 Å². The van der Waals surface area contributed by atoms with Crippen LogP contribution in [0.3, 0.4) is 0 Å². The zero-order valence-corrected chi connectivity index (χ0v) is 13.5. The van der Waals surface area contributed by atoms with Crippen LogP contribution in [0.4, 0.5) is 0 Å². The molecule has 6 nitrogen and oxygen atoms in total. The van der Waals surface area contributed by atoms with Gasteiger partial charge in [-0.15, -0.1) is 5.10 Å². The number of para-hydroxylation sites is 1. The summed E-state index contributed by atoms with van der Waals surface area (Å²) in [4.78, 5) is 9.05. The van der Waals surface area contributed by atoms with Crippen LogP contribution in [0.5, 0.6) is 0 Å². The Morgan fingerprint density at radius 1 is 1.23 bits per heavy atom. The Kier molecular flexibility index (Phi) is 3.15. The lowest BCUT2D eigenvalue weighted by atomic mass is 10.2. The van der Waals surface area contributed by atoms with E-state index in [-0.39, 0.29) is 0 Å². The summed E-state index contributed by atoms with van der Waals surface area (Å²) in [6.07, 6.45) is 4.25. The highest BCUT2D eigenvalue weighted by molar-refractivity contribution is 9.10. The molecule has 4 rings (SSSR count). The predicted molar refractivity (Wildman–Crippen MR) is 86.7 cm³/mol. The van der Waals surface area contributed by atoms with E-state index in [0.717, 1.165) is 45.5 Å². The second kappa shape index (κ2) is 5.17. The molecule has 0 radical (unpaired) electrons. The van der Waals surface area contributed by atoms with Gasteiger partial charge >= 0.3 is 0 Å². The quantitative estimate of drug-likeness (QED) is 0.566. The van der Waals surface area contributed by atoms with Crippen LogP contribution in [-0.2, 0) is 13.0 Å². The summed E-state index contributed by atoms with van der Waals surface area (Å²) in [5.74, 6) is 0.796. The van der Waals surface area contributed by atoms with Crippen LogP contribution in [0.25, 0.3) is 16.6 Å². The van der Waals surface area contributed by atoms with E-state index in [1.165, 1.54) is 0 Å². The standard InChI is InChI=1S/C15H13BrN6/c1-10-12(16)8-18-21(10)7-6-14-19-15-11-4-2-3-5-13(11)17-9-22(15)20-14/h2-5,8-9H,6-7H2,1H3. The zero-order valence-electron chi connectivity index (χ0n) is 11.9. The fourth-order valence-corrected chi connectivity index (χ4v) is 2.78. The molecule has 0 atom stereocenters. The van der Waals surface area contributed by atoms with Gasteiger partial charge in [0.15, 0.2) is 11.5 Å². The Hall–Kier alpha value is -2.28. The van der Waals surface area contributed by atoms with Crippen LogP contribution in [0.2, 0.25) is 0 Å². The van der Waals surface area contributed by atoms with Gasteiger partial charge < -0.3 is 0 Å². The molecular weight excluding hydrogens is 344 g/mol. The van der Waals surface area contributed by atoms with Crippen molar-refractivity contribution in [2.45, 2.75) is 19.9 Å². The highest BCUT2D eigenvalue weighted by Gasteiger charge is 2.09. The van der Waals surface area contributed by atoms with Crippen molar-refractivity contribution in [1.82, 2.24) is 29.4 Å². The highest BCUT2D eigenvalue weighted by atomic mass is 79.9. The van der Waals surface area contributed by atoms with Crippen molar-refractivity contribution in [1.29, 1.82) is 0 Å². The largest absolute Gasteiger partial charge is 0.268 e. The molecule has 22 heavy (non-hydrogen) atoms. The molecule has 0 bridgehead atoms. The van der Waals surface area contributed by atoms with Crippen LogP contribution >= 0.6 is 15.9 Å². The minimum Gasteiger partial charge on any atom is -0.268 e. The van der Waals surface area contributed by atoms with Gasteiger partial charge in [0.05, 0.1) is 16.2 Å². The highest BCUT2D eigenvalue weighted by Crippen LogP contribution is 2.17. The molecule has 0 aliphatic rings. The summed E-state index contributed by atoms with van der Waals surface area (Å²) in [6.45, 7) is 2.78. The molecule has 0 unspecified atom stereocenters. The number of halogens is 1. The fourth-order valence-electron chi connectivity index (χ4n) is 2.48. The number of aryl methyl sites for hydroxylation is 2. The Bertz CT molecular complexity index is 971. The van der Waals surface area contributed by atoms with Crippen LogP contribution < -0.4 is 0 Å². The van der Waals surface area contributed by atoms with E-state index in [1.807, 2.05) is 42.1 Å². The number of nitrogens with zero attached hydrogens (tertiary/aromatic N) is 6. The summed E-state index contributed by atoms with van der Waals surface area (Å²) in [7, 11) is 0. The Labute approximate surface area is 134 Å². The van der Waals surface area contributed by atoms with Crippen molar-refractivity contribution in [2.24, 2.45) is 0 Å². The monoisotopic (exact) mass is 356 g/mol. The predicted octanol–water partition coefficient (Wildman–Crippen LogP) is 2.79. The van der Waals surface area contributed by atoms with Gasteiger partial charge in [0.25, 0.3) is 0 Å². The van der Waals surface area contributed by atoms with Crippen LogP contribution in [0.1, 0.15) is 11.5 Å². The second-order valence-electron chi connectivity index (χ2n) is 5.11. The molecule has 3 aromatic heterocycles. The summed E-state index contributed by atoms with van der Waals surface area (Å²) in [5, 5.41) is 9.85. The Morgan fingerprint density at radius 2 is 2.09 bits per heavy atom. The molecule has 0 saturated carbocycles. The first-order valence-corrected chi connectivity index (χ1v) is 7.78. The topological polar surface area (TPSA) is 60.9 Å². The zero-order chi connectivity index (χ0) is 15.1. The smallest absolute Gasteiger partial charge is 0.166 e. The average molecular weight is 357 g/mol. The maximum absolute atomic E-state index is 4.65. The number of hydrogen-bond donors (Lipinski definition) is 0. The number of rotatable bonds is 3. The summed E-state index contributed by atoms with van der Waals surface area (Å²) >= 11 is 3.47. The molecule has 1 aromatic carbocycles. The van der Waals surface area contributed by atoms with Gasteiger partial charge in [-0.3, -0.25) is 4.68 Å². The summed E-state index contributed by atoms with van der Waals surface area (Å²) < 4.78 is 4.71. The number of aromatic nitrogens is 6. The van der Waals surface area contributed by atoms with E-state index in [2.05, 4.69) is 36.1 Å². The third-order valence-corrected chi connectivity index (χ3v) is 4.50. The average Bonchev–Trinajstić information content (AvgIpc) is 3.10. The van der Waals surface area contributed by atoms with Crippen LogP contribution in [0.15, 0.2) is 41.3 Å². The van der Waals surface area contributed by atoms with E-state index in [4.69, 9.17) is 0 Å². The molecule has 7 heteroatoms. The third-order valence-electron chi connectivity index (χ3n) is 3.72. The van der Waals surface area contributed by atoms with Gasteiger partial charge in [-0.2, -0.15) is 5.10 Å². The molecule has 110 valence electrons. The van der Waals surface area contributed by atoms with Gasteiger partial charge in [0.2, 0.25) is 0 Å². The summed E-state index contributed by atoms with van der Waals surface area (Å²) in [5.41, 5.74) is 2.88. The van der Waals surface area contributed by atoms with E-state index >= 15 is 0 Å². The number of benzene rings is 1. The van der Waals surface area contributed by atoms with E-state index in [1.54, 1.807) is 10.8 Å².